The zero-order chi connectivity index (χ0) is 12.4. The molecule has 0 radical (unpaired) electrons. The number of carbonyl (C=O) groups is 1. The maximum absolute atomic E-state index is 11.6. The van der Waals surface area contributed by atoms with Crippen LogP contribution in [0.4, 0.5) is 0 Å². The second-order valence-electron chi connectivity index (χ2n) is 4.09. The van der Waals surface area contributed by atoms with Crippen LogP contribution in [0, 0.1) is 0 Å². The summed E-state index contributed by atoms with van der Waals surface area (Å²) in [6.45, 7) is 3.90. The van der Waals surface area contributed by atoms with E-state index in [1.807, 2.05) is 26.0 Å². The van der Waals surface area contributed by atoms with Crippen molar-refractivity contribution in [2.75, 3.05) is 7.11 Å². The molecule has 1 aromatic rings. The summed E-state index contributed by atoms with van der Waals surface area (Å²) in [5, 5.41) is 0. The lowest BCUT2D eigenvalue weighted by molar-refractivity contribution is -0.0659. The number of hydrogen-bond acceptors (Lipinski definition) is 4. The largest absolute Gasteiger partial charge is 0.465 e. The average molecular weight is 236 g/mol. The van der Waals surface area contributed by atoms with Crippen LogP contribution in [-0.4, -0.2) is 25.3 Å². The fraction of sp³-hybridized carbons (Fsp3) is 0.462. The normalized spacial score (nSPS) is 24.9. The molecule has 92 valence electrons. The predicted octanol–water partition coefficient (Wildman–Crippen LogP) is 2.30. The molecule has 1 fully saturated rings. The topological polar surface area (TPSA) is 44.8 Å². The Labute approximate surface area is 100 Å². The van der Waals surface area contributed by atoms with Crippen molar-refractivity contribution in [3.8, 4) is 0 Å². The van der Waals surface area contributed by atoms with Gasteiger partial charge in [0.25, 0.3) is 0 Å². The Balaban J connectivity index is 2.30. The van der Waals surface area contributed by atoms with Crippen molar-refractivity contribution in [3.05, 3.63) is 35.4 Å². The Hall–Kier alpha value is -1.39. The second kappa shape index (κ2) is 4.85. The van der Waals surface area contributed by atoms with Gasteiger partial charge in [0.05, 0.1) is 24.9 Å². The van der Waals surface area contributed by atoms with Crippen LogP contribution in [0.25, 0.3) is 0 Å². The average Bonchev–Trinajstić information content (AvgIpc) is 2.68. The van der Waals surface area contributed by atoms with Crippen molar-refractivity contribution in [2.45, 2.75) is 32.3 Å². The van der Waals surface area contributed by atoms with Crippen LogP contribution in [0.2, 0.25) is 0 Å². The van der Waals surface area contributed by atoms with E-state index in [0.717, 1.165) is 5.56 Å². The van der Waals surface area contributed by atoms with E-state index in [-0.39, 0.29) is 18.2 Å². The van der Waals surface area contributed by atoms with Crippen molar-refractivity contribution in [1.29, 1.82) is 0 Å². The molecular formula is C13H16O4. The molecule has 2 rings (SSSR count). The van der Waals surface area contributed by atoms with Gasteiger partial charge >= 0.3 is 5.97 Å². The summed E-state index contributed by atoms with van der Waals surface area (Å²) in [7, 11) is 1.36. The number of carbonyl (C=O) groups excluding carboxylic acids is 1. The van der Waals surface area contributed by atoms with E-state index in [1.165, 1.54) is 7.11 Å². The molecule has 0 bridgehead atoms. The van der Waals surface area contributed by atoms with Gasteiger partial charge in [-0.15, -0.1) is 0 Å². The molecule has 2 atom stereocenters. The number of rotatable bonds is 2. The number of ether oxygens (including phenoxy) is 3. The highest BCUT2D eigenvalue weighted by molar-refractivity contribution is 5.91. The van der Waals surface area contributed by atoms with Crippen LogP contribution >= 0.6 is 0 Å². The molecule has 0 N–H and O–H groups in total. The van der Waals surface area contributed by atoms with E-state index in [0.29, 0.717) is 5.56 Å². The van der Waals surface area contributed by atoms with Gasteiger partial charge in [0, 0.05) is 5.56 Å². The minimum Gasteiger partial charge on any atom is -0.465 e. The van der Waals surface area contributed by atoms with Gasteiger partial charge in [0.1, 0.15) is 0 Å². The van der Waals surface area contributed by atoms with Crippen molar-refractivity contribution in [3.63, 3.8) is 0 Å². The molecule has 0 saturated carbocycles. The summed E-state index contributed by atoms with van der Waals surface area (Å²) in [5.41, 5.74) is 1.21. The van der Waals surface area contributed by atoms with E-state index in [1.54, 1.807) is 12.1 Å². The van der Waals surface area contributed by atoms with Crippen LogP contribution in [0.1, 0.15) is 36.1 Å². The number of methoxy groups -OCH3 is 1. The van der Waals surface area contributed by atoms with Crippen LogP contribution in [0.15, 0.2) is 24.3 Å². The third kappa shape index (κ3) is 2.33. The van der Waals surface area contributed by atoms with Crippen LogP contribution in [-0.2, 0) is 14.2 Å². The Morgan fingerprint density at radius 3 is 2.35 bits per heavy atom. The zero-order valence-electron chi connectivity index (χ0n) is 10.2. The fourth-order valence-corrected chi connectivity index (χ4v) is 1.79. The highest BCUT2D eigenvalue weighted by Gasteiger charge is 2.33. The molecule has 4 heteroatoms. The zero-order valence-corrected chi connectivity index (χ0v) is 10.2. The van der Waals surface area contributed by atoms with Crippen LogP contribution in [0.3, 0.4) is 0 Å². The summed E-state index contributed by atoms with van der Waals surface area (Å²) in [6.07, 6.45) is -0.452. The molecule has 0 aromatic heterocycles. The van der Waals surface area contributed by atoms with Gasteiger partial charge < -0.3 is 14.2 Å². The van der Waals surface area contributed by atoms with Crippen molar-refractivity contribution >= 4 is 5.97 Å². The van der Waals surface area contributed by atoms with Gasteiger partial charge in [0.15, 0.2) is 6.29 Å². The maximum atomic E-state index is 11.6. The van der Waals surface area contributed by atoms with Crippen LogP contribution in [0.5, 0.6) is 0 Å². The molecule has 1 aliphatic heterocycles. The first-order valence-electron chi connectivity index (χ1n) is 5.61. The smallest absolute Gasteiger partial charge is 0.338 e. The highest BCUT2D eigenvalue weighted by Crippen LogP contribution is 2.32. The molecule has 17 heavy (non-hydrogen) atoms. The molecule has 0 amide bonds. The lowest BCUT2D eigenvalue weighted by Gasteiger charge is -2.13. The Morgan fingerprint density at radius 2 is 1.76 bits per heavy atom. The van der Waals surface area contributed by atoms with Crippen molar-refractivity contribution in [1.82, 2.24) is 0 Å². The lowest BCUT2D eigenvalue weighted by Crippen LogP contribution is -2.13. The monoisotopic (exact) mass is 236 g/mol. The Kier molecular flexibility index (Phi) is 3.45. The maximum Gasteiger partial charge on any atom is 0.338 e. The first-order chi connectivity index (χ1) is 8.13. The molecule has 0 aliphatic carbocycles. The molecule has 1 aliphatic rings. The molecule has 1 heterocycles. The predicted molar refractivity (Wildman–Crippen MR) is 61.6 cm³/mol. The SMILES string of the molecule is COC(=O)c1ccccc1C1O[C@H](C)[C@@H](C)O1. The van der Waals surface area contributed by atoms with Gasteiger partial charge in [0.2, 0.25) is 0 Å². The van der Waals surface area contributed by atoms with Gasteiger partial charge in [-0.3, -0.25) is 0 Å². The summed E-state index contributed by atoms with van der Waals surface area (Å²) in [6, 6.07) is 7.17. The molecular weight excluding hydrogens is 220 g/mol. The Morgan fingerprint density at radius 1 is 1.18 bits per heavy atom. The van der Waals surface area contributed by atoms with Gasteiger partial charge in [-0.1, -0.05) is 18.2 Å². The minimum atomic E-state index is -0.490. The fourth-order valence-electron chi connectivity index (χ4n) is 1.79. The number of benzene rings is 1. The van der Waals surface area contributed by atoms with Gasteiger partial charge in [-0.05, 0) is 19.9 Å². The molecule has 0 spiro atoms. The Bertz CT molecular complexity index is 406. The van der Waals surface area contributed by atoms with Crippen molar-refractivity contribution in [2.24, 2.45) is 0 Å². The van der Waals surface area contributed by atoms with E-state index >= 15 is 0 Å². The third-order valence-corrected chi connectivity index (χ3v) is 2.96. The van der Waals surface area contributed by atoms with Crippen LogP contribution < -0.4 is 0 Å². The molecule has 1 saturated heterocycles. The summed E-state index contributed by atoms with van der Waals surface area (Å²) in [5.74, 6) is -0.375. The molecule has 0 unspecified atom stereocenters. The van der Waals surface area contributed by atoms with Gasteiger partial charge in [-0.25, -0.2) is 4.79 Å². The highest BCUT2D eigenvalue weighted by atomic mass is 16.7. The minimum absolute atomic E-state index is 0.0192. The standard InChI is InChI=1S/C13H16O4/c1-8-9(2)17-13(16-8)11-7-5-4-6-10(11)12(14)15-3/h4-9,13H,1-3H3/t8-,9-/m1/s1. The summed E-state index contributed by atoms with van der Waals surface area (Å²) in [4.78, 5) is 11.6. The van der Waals surface area contributed by atoms with Crippen molar-refractivity contribution < 1.29 is 19.0 Å². The summed E-state index contributed by atoms with van der Waals surface area (Å²) >= 11 is 0. The molecule has 4 nitrogen and oxygen atoms in total. The number of esters is 1. The second-order valence-corrected chi connectivity index (χ2v) is 4.09. The van der Waals surface area contributed by atoms with E-state index in [4.69, 9.17) is 14.2 Å². The van der Waals surface area contributed by atoms with E-state index in [9.17, 15) is 4.79 Å². The van der Waals surface area contributed by atoms with Gasteiger partial charge in [-0.2, -0.15) is 0 Å². The molecule has 1 aromatic carbocycles. The third-order valence-electron chi connectivity index (χ3n) is 2.96. The van der Waals surface area contributed by atoms with E-state index in [2.05, 4.69) is 0 Å². The first kappa shape index (κ1) is 12.1. The first-order valence-corrected chi connectivity index (χ1v) is 5.61. The van der Waals surface area contributed by atoms with E-state index < -0.39 is 6.29 Å². The summed E-state index contributed by atoms with van der Waals surface area (Å²) < 4.78 is 16.1. The lowest BCUT2D eigenvalue weighted by atomic mass is 10.1. The quantitative estimate of drug-likeness (QED) is 0.739. The number of hydrogen-bond donors (Lipinski definition) is 0.